The van der Waals surface area contributed by atoms with E-state index in [1.54, 1.807) is 13.3 Å². The maximum absolute atomic E-state index is 8.95. The Labute approximate surface area is 110 Å². The standard InChI is InChI=1S/C13H15NO3S/c1-16-11-4-2-3-5-12(11)17-7-6-13-14-8-10(9-15)18-13/h2-5,8,15H,6-7,9H2,1H3. The molecule has 1 aromatic carbocycles. The number of hydrogen-bond donors (Lipinski definition) is 1. The summed E-state index contributed by atoms with van der Waals surface area (Å²) in [5.74, 6) is 1.46. The highest BCUT2D eigenvalue weighted by Gasteiger charge is 2.04. The van der Waals surface area contributed by atoms with E-state index in [1.807, 2.05) is 24.3 Å². The number of aromatic nitrogens is 1. The van der Waals surface area contributed by atoms with E-state index < -0.39 is 0 Å². The number of ether oxygens (including phenoxy) is 2. The van der Waals surface area contributed by atoms with Gasteiger partial charge in [-0.15, -0.1) is 11.3 Å². The lowest BCUT2D eigenvalue weighted by Gasteiger charge is -2.09. The van der Waals surface area contributed by atoms with Crippen molar-refractivity contribution in [2.45, 2.75) is 13.0 Å². The van der Waals surface area contributed by atoms with Crippen LogP contribution in [0, 0.1) is 0 Å². The summed E-state index contributed by atoms with van der Waals surface area (Å²) in [6.07, 6.45) is 2.42. The molecule has 1 aromatic heterocycles. The highest BCUT2D eigenvalue weighted by Crippen LogP contribution is 2.26. The molecule has 0 atom stereocenters. The Kier molecular flexibility index (Phi) is 4.55. The van der Waals surface area contributed by atoms with Crippen LogP contribution in [-0.2, 0) is 13.0 Å². The smallest absolute Gasteiger partial charge is 0.161 e. The summed E-state index contributed by atoms with van der Waals surface area (Å²) in [5, 5.41) is 9.91. The number of aliphatic hydroxyl groups is 1. The molecule has 0 amide bonds. The summed E-state index contributed by atoms with van der Waals surface area (Å²) in [5.41, 5.74) is 0. The predicted octanol–water partition coefficient (Wildman–Crippen LogP) is 2.27. The Morgan fingerprint density at radius 1 is 1.28 bits per heavy atom. The Hall–Kier alpha value is -1.59. The number of hydrogen-bond acceptors (Lipinski definition) is 5. The topological polar surface area (TPSA) is 51.6 Å². The minimum Gasteiger partial charge on any atom is -0.493 e. The number of methoxy groups -OCH3 is 1. The second kappa shape index (κ2) is 6.37. The highest BCUT2D eigenvalue weighted by atomic mass is 32.1. The van der Waals surface area contributed by atoms with Crippen molar-refractivity contribution in [3.05, 3.63) is 40.3 Å². The molecule has 0 spiro atoms. The molecule has 4 nitrogen and oxygen atoms in total. The van der Waals surface area contributed by atoms with Gasteiger partial charge in [-0.25, -0.2) is 4.98 Å². The van der Waals surface area contributed by atoms with Crippen LogP contribution in [-0.4, -0.2) is 23.8 Å². The summed E-state index contributed by atoms with van der Waals surface area (Å²) < 4.78 is 10.9. The minimum atomic E-state index is 0.0467. The normalized spacial score (nSPS) is 10.3. The van der Waals surface area contributed by atoms with E-state index in [4.69, 9.17) is 14.6 Å². The molecule has 0 aliphatic rings. The molecule has 0 unspecified atom stereocenters. The fraction of sp³-hybridized carbons (Fsp3) is 0.308. The molecule has 0 bridgehead atoms. The summed E-state index contributed by atoms with van der Waals surface area (Å²) in [6, 6.07) is 7.55. The summed E-state index contributed by atoms with van der Waals surface area (Å²) in [7, 11) is 1.62. The monoisotopic (exact) mass is 265 g/mol. The van der Waals surface area contributed by atoms with Crippen molar-refractivity contribution in [2.24, 2.45) is 0 Å². The van der Waals surface area contributed by atoms with Crippen molar-refractivity contribution in [3.8, 4) is 11.5 Å². The summed E-state index contributed by atoms with van der Waals surface area (Å²) >= 11 is 1.51. The molecule has 96 valence electrons. The lowest BCUT2D eigenvalue weighted by molar-refractivity contribution is 0.285. The van der Waals surface area contributed by atoms with Gasteiger partial charge in [-0.05, 0) is 12.1 Å². The molecule has 2 rings (SSSR count). The second-order valence-electron chi connectivity index (χ2n) is 3.63. The van der Waals surface area contributed by atoms with Crippen molar-refractivity contribution in [1.82, 2.24) is 4.98 Å². The molecule has 0 aliphatic carbocycles. The van der Waals surface area contributed by atoms with Gasteiger partial charge in [-0.1, -0.05) is 12.1 Å². The predicted molar refractivity (Wildman–Crippen MR) is 70.2 cm³/mol. The number of para-hydroxylation sites is 2. The van der Waals surface area contributed by atoms with Crippen molar-refractivity contribution < 1.29 is 14.6 Å². The van der Waals surface area contributed by atoms with Crippen molar-refractivity contribution >= 4 is 11.3 Å². The molecule has 18 heavy (non-hydrogen) atoms. The van der Waals surface area contributed by atoms with E-state index in [-0.39, 0.29) is 6.61 Å². The van der Waals surface area contributed by atoms with Gasteiger partial charge in [0.15, 0.2) is 11.5 Å². The molecule has 2 aromatic rings. The number of rotatable bonds is 6. The SMILES string of the molecule is COc1ccccc1OCCc1ncc(CO)s1. The van der Waals surface area contributed by atoms with Gasteiger partial charge in [0.05, 0.1) is 30.2 Å². The maximum Gasteiger partial charge on any atom is 0.161 e. The van der Waals surface area contributed by atoms with Gasteiger partial charge in [-0.3, -0.25) is 0 Å². The molecular weight excluding hydrogens is 250 g/mol. The lowest BCUT2D eigenvalue weighted by atomic mass is 10.3. The zero-order valence-electron chi connectivity index (χ0n) is 10.1. The average molecular weight is 265 g/mol. The van der Waals surface area contributed by atoms with Crippen LogP contribution in [0.1, 0.15) is 9.88 Å². The highest BCUT2D eigenvalue weighted by molar-refractivity contribution is 7.11. The Morgan fingerprint density at radius 3 is 2.72 bits per heavy atom. The molecule has 0 saturated heterocycles. The molecule has 0 aliphatic heterocycles. The number of nitrogens with zero attached hydrogens (tertiary/aromatic N) is 1. The number of aliphatic hydroxyl groups excluding tert-OH is 1. The van der Waals surface area contributed by atoms with Crippen molar-refractivity contribution in [1.29, 1.82) is 0 Å². The van der Waals surface area contributed by atoms with Crippen LogP contribution in [0.2, 0.25) is 0 Å². The van der Waals surface area contributed by atoms with E-state index in [9.17, 15) is 0 Å². The molecule has 1 N–H and O–H groups in total. The fourth-order valence-corrected chi connectivity index (χ4v) is 2.29. The van der Waals surface area contributed by atoms with Gasteiger partial charge in [0.2, 0.25) is 0 Å². The first-order chi connectivity index (χ1) is 8.83. The van der Waals surface area contributed by atoms with Crippen LogP contribution >= 0.6 is 11.3 Å². The van der Waals surface area contributed by atoms with Crippen LogP contribution in [0.3, 0.4) is 0 Å². The first kappa shape index (κ1) is 12.9. The van der Waals surface area contributed by atoms with E-state index in [0.717, 1.165) is 27.8 Å². The third-order valence-electron chi connectivity index (χ3n) is 2.40. The van der Waals surface area contributed by atoms with E-state index >= 15 is 0 Å². The number of benzene rings is 1. The summed E-state index contributed by atoms with van der Waals surface area (Å²) in [4.78, 5) is 5.09. The van der Waals surface area contributed by atoms with Gasteiger partial charge in [0.25, 0.3) is 0 Å². The average Bonchev–Trinajstić information content (AvgIpc) is 2.87. The van der Waals surface area contributed by atoms with Crippen LogP contribution in [0.15, 0.2) is 30.5 Å². The van der Waals surface area contributed by atoms with E-state index in [0.29, 0.717) is 6.61 Å². The van der Waals surface area contributed by atoms with Gasteiger partial charge in [0, 0.05) is 12.6 Å². The first-order valence-corrected chi connectivity index (χ1v) is 6.45. The van der Waals surface area contributed by atoms with Crippen molar-refractivity contribution in [2.75, 3.05) is 13.7 Å². The molecule has 5 heteroatoms. The van der Waals surface area contributed by atoms with Gasteiger partial charge >= 0.3 is 0 Å². The molecule has 0 saturated carbocycles. The first-order valence-electron chi connectivity index (χ1n) is 5.63. The van der Waals surface area contributed by atoms with Crippen molar-refractivity contribution in [3.63, 3.8) is 0 Å². The lowest BCUT2D eigenvalue weighted by Crippen LogP contribution is -2.02. The molecule has 1 heterocycles. The fourth-order valence-electron chi connectivity index (χ4n) is 1.52. The number of thiazole rings is 1. The zero-order chi connectivity index (χ0) is 12.8. The minimum absolute atomic E-state index is 0.0467. The van der Waals surface area contributed by atoms with Crippen LogP contribution in [0.25, 0.3) is 0 Å². The van der Waals surface area contributed by atoms with Gasteiger partial charge in [-0.2, -0.15) is 0 Å². The largest absolute Gasteiger partial charge is 0.493 e. The zero-order valence-corrected chi connectivity index (χ0v) is 10.9. The quantitative estimate of drug-likeness (QED) is 0.870. The molecular formula is C13H15NO3S. The molecule has 0 fully saturated rings. The van der Waals surface area contributed by atoms with Crippen LogP contribution in [0.5, 0.6) is 11.5 Å². The Balaban J connectivity index is 1.88. The third kappa shape index (κ3) is 3.21. The van der Waals surface area contributed by atoms with Crippen LogP contribution < -0.4 is 9.47 Å². The van der Waals surface area contributed by atoms with Gasteiger partial charge in [0.1, 0.15) is 0 Å². The van der Waals surface area contributed by atoms with Crippen LogP contribution in [0.4, 0.5) is 0 Å². The Bertz CT molecular complexity index is 498. The maximum atomic E-state index is 8.95. The third-order valence-corrected chi connectivity index (χ3v) is 3.44. The van der Waals surface area contributed by atoms with E-state index in [2.05, 4.69) is 4.98 Å². The van der Waals surface area contributed by atoms with Gasteiger partial charge < -0.3 is 14.6 Å². The summed E-state index contributed by atoms with van der Waals surface area (Å²) in [6.45, 7) is 0.587. The Morgan fingerprint density at radius 2 is 2.06 bits per heavy atom. The second-order valence-corrected chi connectivity index (χ2v) is 4.83. The molecule has 0 radical (unpaired) electrons. The van der Waals surface area contributed by atoms with E-state index in [1.165, 1.54) is 11.3 Å².